The van der Waals surface area contributed by atoms with Crippen molar-refractivity contribution in [3.8, 4) is 0 Å². The molecule has 25 heavy (non-hydrogen) atoms. The molecule has 0 spiro atoms. The van der Waals surface area contributed by atoms with Crippen molar-refractivity contribution in [2.45, 2.75) is 75.1 Å². The number of benzene rings is 1. The van der Waals surface area contributed by atoms with Crippen molar-refractivity contribution >= 4 is 29.0 Å². The molecule has 1 aromatic carbocycles. The number of rotatable bonds is 2. The fourth-order valence-electron chi connectivity index (χ4n) is 3.95. The second-order valence-electron chi connectivity index (χ2n) is 8.53. The number of hydrogen-bond acceptors (Lipinski definition) is 3. The van der Waals surface area contributed by atoms with Gasteiger partial charge in [0.2, 0.25) is 0 Å². The third-order valence-corrected chi connectivity index (χ3v) is 8.31. The Hall–Kier alpha value is -0.905. The average molecular weight is 358 g/mol. The highest BCUT2D eigenvalue weighted by atomic mass is 32.2. The van der Waals surface area contributed by atoms with Gasteiger partial charge in [-0.15, -0.1) is 0 Å². The van der Waals surface area contributed by atoms with Crippen LogP contribution in [0.25, 0.3) is 5.57 Å². The first-order valence-corrected chi connectivity index (χ1v) is 10.6. The number of fused-ring (bicyclic) bond motifs is 2. The van der Waals surface area contributed by atoms with E-state index in [1.807, 2.05) is 0 Å². The Kier molecular flexibility index (Phi) is 4.25. The molecule has 3 atom stereocenters. The second-order valence-corrected chi connectivity index (χ2v) is 10.5. The van der Waals surface area contributed by atoms with Gasteiger partial charge in [-0.3, -0.25) is 4.21 Å². The molecule has 1 aromatic rings. The fraction of sp³-hybridized carbons (Fsp3) is 0.600. The maximum absolute atomic E-state index is 12.4. The molecule has 3 unspecified atom stereocenters. The minimum Gasteiger partial charge on any atom is -0.399 e. The summed E-state index contributed by atoms with van der Waals surface area (Å²) in [5.74, 6) is 0. The molecular formula is C20H27BO3S. The van der Waals surface area contributed by atoms with E-state index >= 15 is 0 Å². The first-order valence-electron chi connectivity index (χ1n) is 9.33. The average Bonchev–Trinajstić information content (AvgIpc) is 2.75. The van der Waals surface area contributed by atoms with Gasteiger partial charge in [0.15, 0.2) is 0 Å². The SMILES string of the molecule is CC1(C)OB(c2ccc(C3=CC4CCCC(C3)S4=O)cc2)OC1(C)C. The summed E-state index contributed by atoms with van der Waals surface area (Å²) in [6.45, 7) is 8.31. The Morgan fingerprint density at radius 1 is 1.04 bits per heavy atom. The molecule has 5 heteroatoms. The van der Waals surface area contributed by atoms with Gasteiger partial charge < -0.3 is 9.31 Å². The van der Waals surface area contributed by atoms with Crippen molar-refractivity contribution in [2.75, 3.05) is 0 Å². The maximum Gasteiger partial charge on any atom is 0.494 e. The van der Waals surface area contributed by atoms with Crippen LogP contribution in [0.1, 0.15) is 58.9 Å². The molecule has 0 amide bonds. The van der Waals surface area contributed by atoms with Gasteiger partial charge in [0, 0.05) is 16.0 Å². The predicted molar refractivity (Wildman–Crippen MR) is 104 cm³/mol. The van der Waals surface area contributed by atoms with Gasteiger partial charge >= 0.3 is 7.12 Å². The summed E-state index contributed by atoms with van der Waals surface area (Å²) in [6.07, 6.45) is 6.59. The molecule has 3 nitrogen and oxygen atoms in total. The van der Waals surface area contributed by atoms with Crippen molar-refractivity contribution in [1.29, 1.82) is 0 Å². The number of hydrogen-bond donors (Lipinski definition) is 0. The van der Waals surface area contributed by atoms with Crippen LogP contribution in [0.4, 0.5) is 0 Å². The minimum absolute atomic E-state index is 0.255. The zero-order valence-corrected chi connectivity index (χ0v) is 16.4. The molecule has 134 valence electrons. The lowest BCUT2D eigenvalue weighted by atomic mass is 9.78. The second kappa shape index (κ2) is 6.07. The van der Waals surface area contributed by atoms with E-state index in [0.717, 1.165) is 24.7 Å². The van der Waals surface area contributed by atoms with Crippen LogP contribution >= 0.6 is 0 Å². The van der Waals surface area contributed by atoms with Crippen molar-refractivity contribution in [3.05, 3.63) is 35.9 Å². The highest BCUT2D eigenvalue weighted by Crippen LogP contribution is 2.38. The lowest BCUT2D eigenvalue weighted by Gasteiger charge is -2.32. The highest BCUT2D eigenvalue weighted by Gasteiger charge is 2.51. The molecule has 4 rings (SSSR count). The van der Waals surface area contributed by atoms with E-state index in [9.17, 15) is 4.21 Å². The lowest BCUT2D eigenvalue weighted by molar-refractivity contribution is 0.00578. The summed E-state index contributed by atoms with van der Waals surface area (Å²) in [4.78, 5) is 0. The van der Waals surface area contributed by atoms with E-state index in [0.29, 0.717) is 5.25 Å². The van der Waals surface area contributed by atoms with Crippen LogP contribution in [0.3, 0.4) is 0 Å². The quantitative estimate of drug-likeness (QED) is 0.760. The van der Waals surface area contributed by atoms with Crippen LogP contribution in [0, 0.1) is 0 Å². The zero-order valence-electron chi connectivity index (χ0n) is 15.6. The Bertz CT molecular complexity index is 707. The van der Waals surface area contributed by atoms with Crippen molar-refractivity contribution in [2.24, 2.45) is 0 Å². The molecule has 0 aliphatic carbocycles. The first-order chi connectivity index (χ1) is 11.8. The smallest absolute Gasteiger partial charge is 0.399 e. The van der Waals surface area contributed by atoms with Crippen LogP contribution in [-0.4, -0.2) is 33.0 Å². The molecule has 0 N–H and O–H groups in total. The Balaban J connectivity index is 1.55. The third-order valence-electron chi connectivity index (χ3n) is 6.28. The van der Waals surface area contributed by atoms with E-state index in [4.69, 9.17) is 9.31 Å². The molecule has 3 aliphatic rings. The molecule has 3 aliphatic heterocycles. The monoisotopic (exact) mass is 358 g/mol. The van der Waals surface area contributed by atoms with Gasteiger partial charge in [0.1, 0.15) is 0 Å². The number of allylic oxidation sites excluding steroid dienone is 1. The van der Waals surface area contributed by atoms with Gasteiger partial charge in [-0.25, -0.2) is 0 Å². The van der Waals surface area contributed by atoms with Crippen molar-refractivity contribution in [1.82, 2.24) is 0 Å². The predicted octanol–water partition coefficient (Wildman–Crippen LogP) is 3.44. The normalized spacial score (nSPS) is 33.2. The van der Waals surface area contributed by atoms with E-state index in [2.05, 4.69) is 58.0 Å². The first kappa shape index (κ1) is 17.5. The van der Waals surface area contributed by atoms with Crippen LogP contribution < -0.4 is 5.46 Å². The molecule has 2 bridgehead atoms. The fourth-order valence-corrected chi connectivity index (χ4v) is 5.88. The molecule has 0 radical (unpaired) electrons. The molecule has 0 saturated carbocycles. The topological polar surface area (TPSA) is 35.5 Å². The summed E-state index contributed by atoms with van der Waals surface area (Å²) in [5.41, 5.74) is 3.03. The lowest BCUT2D eigenvalue weighted by Crippen LogP contribution is -2.41. The van der Waals surface area contributed by atoms with Crippen molar-refractivity contribution in [3.63, 3.8) is 0 Å². The van der Waals surface area contributed by atoms with Gasteiger partial charge in [-0.05, 0) is 63.6 Å². The summed E-state index contributed by atoms with van der Waals surface area (Å²) in [6, 6.07) is 8.55. The summed E-state index contributed by atoms with van der Waals surface area (Å²) in [7, 11) is -0.984. The van der Waals surface area contributed by atoms with Gasteiger partial charge in [-0.2, -0.15) is 0 Å². The Morgan fingerprint density at radius 3 is 2.28 bits per heavy atom. The van der Waals surface area contributed by atoms with Crippen LogP contribution in [-0.2, 0) is 20.1 Å². The van der Waals surface area contributed by atoms with Gasteiger partial charge in [0.25, 0.3) is 0 Å². The summed E-state index contributed by atoms with van der Waals surface area (Å²) >= 11 is 0. The summed E-state index contributed by atoms with van der Waals surface area (Å²) in [5, 5.41) is 0.604. The maximum atomic E-state index is 12.4. The van der Waals surface area contributed by atoms with Crippen molar-refractivity contribution < 1.29 is 13.5 Å². The van der Waals surface area contributed by atoms with Gasteiger partial charge in [-0.1, -0.05) is 36.8 Å². The van der Waals surface area contributed by atoms with E-state index in [1.165, 1.54) is 17.6 Å². The summed E-state index contributed by atoms with van der Waals surface area (Å²) < 4.78 is 24.6. The van der Waals surface area contributed by atoms with E-state index in [-0.39, 0.29) is 23.6 Å². The Morgan fingerprint density at radius 2 is 1.68 bits per heavy atom. The zero-order chi connectivity index (χ0) is 17.8. The third kappa shape index (κ3) is 3.05. The van der Waals surface area contributed by atoms with E-state index in [1.54, 1.807) is 0 Å². The largest absolute Gasteiger partial charge is 0.494 e. The Labute approximate surface area is 153 Å². The highest BCUT2D eigenvalue weighted by molar-refractivity contribution is 7.86. The van der Waals surface area contributed by atoms with Gasteiger partial charge in [0.05, 0.1) is 16.5 Å². The van der Waals surface area contributed by atoms with Crippen LogP contribution in [0.5, 0.6) is 0 Å². The standard InChI is InChI=1S/C20H27BO3S/c1-19(2)20(3,4)24-21(23-19)16-10-8-14(9-11-16)15-12-17-6-5-7-18(13-15)25(17)22/h8-12,17-18H,5-7,13H2,1-4H3. The van der Waals surface area contributed by atoms with E-state index < -0.39 is 10.8 Å². The molecular weight excluding hydrogens is 331 g/mol. The molecule has 2 saturated heterocycles. The molecule has 2 fully saturated rings. The molecule has 3 heterocycles. The van der Waals surface area contributed by atoms with Crippen LogP contribution in [0.2, 0.25) is 0 Å². The molecule has 0 aromatic heterocycles. The van der Waals surface area contributed by atoms with Crippen LogP contribution in [0.15, 0.2) is 30.3 Å². The minimum atomic E-state index is -0.671.